The van der Waals surface area contributed by atoms with E-state index in [2.05, 4.69) is 45.0 Å². The van der Waals surface area contributed by atoms with Crippen LogP contribution in [0, 0.1) is 27.7 Å². The van der Waals surface area contributed by atoms with Gasteiger partial charge in [-0.25, -0.2) is 8.42 Å². The maximum absolute atomic E-state index is 13.5. The second-order valence-electron chi connectivity index (χ2n) is 13.0. The molecule has 0 aliphatic heterocycles. The van der Waals surface area contributed by atoms with E-state index in [1.54, 1.807) is 24.3 Å². The molecular weight excluding hydrogens is 613 g/mol. The summed E-state index contributed by atoms with van der Waals surface area (Å²) in [6, 6.07) is 42.7. The van der Waals surface area contributed by atoms with Gasteiger partial charge in [0.05, 0.1) is 9.79 Å². The molecule has 6 rings (SSSR count). The first-order valence-corrected chi connectivity index (χ1v) is 17.6. The Balaban J connectivity index is 1.20. The molecule has 6 aromatic rings. The third kappa shape index (κ3) is 6.92. The highest BCUT2D eigenvalue weighted by atomic mass is 32.2. The van der Waals surface area contributed by atoms with Crippen LogP contribution in [0.25, 0.3) is 11.1 Å². The number of rotatable bonds is 9. The van der Waals surface area contributed by atoms with Crippen molar-refractivity contribution in [2.45, 2.75) is 56.7 Å². The van der Waals surface area contributed by atoms with Gasteiger partial charge < -0.3 is 9.47 Å². The monoisotopic (exact) mass is 652 g/mol. The summed E-state index contributed by atoms with van der Waals surface area (Å²) in [5.41, 5.74) is 8.12. The summed E-state index contributed by atoms with van der Waals surface area (Å²) in [5, 5.41) is 0. The van der Waals surface area contributed by atoms with Crippen molar-refractivity contribution in [3.63, 3.8) is 0 Å². The molecule has 0 saturated heterocycles. The number of benzene rings is 6. The van der Waals surface area contributed by atoms with Gasteiger partial charge in [0.2, 0.25) is 9.84 Å². The quantitative estimate of drug-likeness (QED) is 0.156. The van der Waals surface area contributed by atoms with E-state index in [0.29, 0.717) is 5.75 Å². The van der Waals surface area contributed by atoms with Crippen molar-refractivity contribution in [1.82, 2.24) is 0 Å². The van der Waals surface area contributed by atoms with Gasteiger partial charge in [0, 0.05) is 5.41 Å². The van der Waals surface area contributed by atoms with Gasteiger partial charge in [-0.3, -0.25) is 0 Å². The molecule has 48 heavy (non-hydrogen) atoms. The van der Waals surface area contributed by atoms with Crippen molar-refractivity contribution in [1.29, 1.82) is 0 Å². The third-order valence-electron chi connectivity index (χ3n) is 8.99. The summed E-state index contributed by atoms with van der Waals surface area (Å²) >= 11 is 0. The molecule has 0 aliphatic rings. The number of aryl methyl sites for hydroxylation is 4. The summed E-state index contributed by atoms with van der Waals surface area (Å²) in [5.74, 6) is 3.02. The summed E-state index contributed by atoms with van der Waals surface area (Å²) in [6.07, 6.45) is 0. The van der Waals surface area contributed by atoms with E-state index in [4.69, 9.17) is 9.47 Å². The highest BCUT2D eigenvalue weighted by Gasteiger charge is 2.24. The van der Waals surface area contributed by atoms with Crippen LogP contribution in [0.5, 0.6) is 23.0 Å². The van der Waals surface area contributed by atoms with Crippen LogP contribution in [-0.2, 0) is 15.3 Å². The van der Waals surface area contributed by atoms with Gasteiger partial charge in [0.1, 0.15) is 23.0 Å². The van der Waals surface area contributed by atoms with Crippen LogP contribution in [0.15, 0.2) is 143 Å². The van der Waals surface area contributed by atoms with E-state index in [1.807, 2.05) is 106 Å². The highest BCUT2D eigenvalue weighted by Crippen LogP contribution is 2.37. The molecule has 0 saturated carbocycles. The Morgan fingerprint density at radius 1 is 0.438 bits per heavy atom. The fourth-order valence-corrected chi connectivity index (χ4v) is 7.08. The summed E-state index contributed by atoms with van der Waals surface area (Å²) in [4.78, 5) is 0.553. The smallest absolute Gasteiger partial charge is 0.206 e. The molecule has 0 unspecified atom stereocenters. The molecule has 5 heteroatoms. The Kier molecular flexibility index (Phi) is 9.00. The average Bonchev–Trinajstić information content (AvgIpc) is 3.08. The summed E-state index contributed by atoms with van der Waals surface area (Å²) in [7, 11) is -3.66. The third-order valence-corrected chi connectivity index (χ3v) is 10.8. The van der Waals surface area contributed by atoms with Crippen LogP contribution < -0.4 is 9.47 Å². The predicted octanol–water partition coefficient (Wildman–Crippen LogP) is 11.3. The predicted molar refractivity (Wildman–Crippen MR) is 194 cm³/mol. The Morgan fingerprint density at radius 3 is 1.33 bits per heavy atom. The molecule has 4 nitrogen and oxygen atoms in total. The molecule has 0 aromatic heterocycles. The molecule has 242 valence electrons. The van der Waals surface area contributed by atoms with E-state index >= 15 is 0 Å². The van der Waals surface area contributed by atoms with Crippen molar-refractivity contribution in [2.75, 3.05) is 0 Å². The molecular formula is C43H40O4S. The fraction of sp³-hybridized carbons (Fsp3) is 0.163. The normalized spacial score (nSPS) is 11.7. The van der Waals surface area contributed by atoms with Crippen LogP contribution in [-0.4, -0.2) is 8.42 Å². The first-order chi connectivity index (χ1) is 22.9. The van der Waals surface area contributed by atoms with E-state index in [-0.39, 0.29) is 15.2 Å². The van der Waals surface area contributed by atoms with Crippen molar-refractivity contribution in [3.05, 3.63) is 167 Å². The van der Waals surface area contributed by atoms with Crippen LogP contribution in [0.4, 0.5) is 0 Å². The van der Waals surface area contributed by atoms with Crippen molar-refractivity contribution in [2.24, 2.45) is 0 Å². The standard InChI is InChI=1S/C43H40O4S/c1-29-7-17-35(18-8-29)46-36-20-13-33(14-21-36)43(5,6)34-15-22-37(23-16-34)47-38-19-11-31(3)41(27-38)42-28-40(26-12-32(42)4)48(44,45)39-24-9-30(2)10-25-39/h7-28H,1-6H3. The first kappa shape index (κ1) is 32.8. The van der Waals surface area contributed by atoms with E-state index in [0.717, 1.165) is 50.6 Å². The minimum atomic E-state index is -3.66. The van der Waals surface area contributed by atoms with Crippen molar-refractivity contribution >= 4 is 9.84 Å². The van der Waals surface area contributed by atoms with E-state index in [1.165, 1.54) is 11.1 Å². The highest BCUT2D eigenvalue weighted by molar-refractivity contribution is 7.91. The fourth-order valence-electron chi connectivity index (χ4n) is 5.79. The van der Waals surface area contributed by atoms with Gasteiger partial charge in [-0.2, -0.15) is 0 Å². The van der Waals surface area contributed by atoms with E-state index < -0.39 is 9.84 Å². The molecule has 0 amide bonds. The molecule has 0 fully saturated rings. The zero-order chi connectivity index (χ0) is 34.1. The van der Waals surface area contributed by atoms with E-state index in [9.17, 15) is 8.42 Å². The van der Waals surface area contributed by atoms with Crippen LogP contribution in [0.1, 0.15) is 47.2 Å². The molecule has 0 radical (unpaired) electrons. The Bertz CT molecular complexity index is 2160. The van der Waals surface area contributed by atoms with Gasteiger partial charge in [0.15, 0.2) is 0 Å². The maximum atomic E-state index is 13.5. The largest absolute Gasteiger partial charge is 0.457 e. The lowest BCUT2D eigenvalue weighted by atomic mass is 9.78. The number of sulfone groups is 1. The lowest BCUT2D eigenvalue weighted by Crippen LogP contribution is -2.18. The van der Waals surface area contributed by atoms with Crippen LogP contribution >= 0.6 is 0 Å². The Labute approximate surface area is 284 Å². The topological polar surface area (TPSA) is 52.6 Å². The van der Waals surface area contributed by atoms with Crippen molar-refractivity contribution in [3.8, 4) is 34.1 Å². The van der Waals surface area contributed by atoms with Gasteiger partial charge in [-0.15, -0.1) is 0 Å². The van der Waals surface area contributed by atoms with Crippen molar-refractivity contribution < 1.29 is 17.9 Å². The Morgan fingerprint density at radius 2 is 0.812 bits per heavy atom. The zero-order valence-electron chi connectivity index (χ0n) is 28.2. The minimum absolute atomic E-state index is 0.237. The van der Waals surface area contributed by atoms with Gasteiger partial charge in [-0.05, 0) is 134 Å². The van der Waals surface area contributed by atoms with Gasteiger partial charge in [-0.1, -0.05) is 85.6 Å². The number of hydrogen-bond donors (Lipinski definition) is 0. The second kappa shape index (κ2) is 13.2. The molecule has 0 aliphatic carbocycles. The zero-order valence-corrected chi connectivity index (χ0v) is 29.1. The second-order valence-corrected chi connectivity index (χ2v) is 14.9. The SMILES string of the molecule is Cc1ccc(Oc2ccc(C(C)(C)c3ccc(Oc4ccc(C)c(-c5cc(S(=O)(=O)c6ccc(C)cc6)ccc5C)c4)cc3)cc2)cc1. The lowest BCUT2D eigenvalue weighted by molar-refractivity contribution is 0.481. The average molecular weight is 653 g/mol. The lowest BCUT2D eigenvalue weighted by Gasteiger charge is -2.26. The van der Waals surface area contributed by atoms with Crippen LogP contribution in [0.2, 0.25) is 0 Å². The molecule has 6 aromatic carbocycles. The maximum Gasteiger partial charge on any atom is 0.206 e. The molecule has 0 bridgehead atoms. The van der Waals surface area contributed by atoms with Gasteiger partial charge >= 0.3 is 0 Å². The number of ether oxygens (including phenoxy) is 2. The first-order valence-electron chi connectivity index (χ1n) is 16.1. The molecule has 0 N–H and O–H groups in total. The number of hydrogen-bond acceptors (Lipinski definition) is 4. The minimum Gasteiger partial charge on any atom is -0.457 e. The molecule has 0 atom stereocenters. The molecule has 0 heterocycles. The molecule has 0 spiro atoms. The Hall–Kier alpha value is -5.13. The van der Waals surface area contributed by atoms with Gasteiger partial charge in [0.25, 0.3) is 0 Å². The van der Waals surface area contributed by atoms with Crippen LogP contribution in [0.3, 0.4) is 0 Å². The summed E-state index contributed by atoms with van der Waals surface area (Å²) < 4.78 is 39.3. The summed E-state index contributed by atoms with van der Waals surface area (Å²) in [6.45, 7) is 12.4.